The zero-order chi connectivity index (χ0) is 9.52. The first-order valence-corrected chi connectivity index (χ1v) is 3.64. The van der Waals surface area contributed by atoms with Crippen molar-refractivity contribution >= 4 is 0 Å². The summed E-state index contributed by atoms with van der Waals surface area (Å²) in [7, 11) is 0. The average Bonchev–Trinajstić information content (AvgIpc) is 2.19. The van der Waals surface area contributed by atoms with E-state index in [2.05, 4.69) is 43.5 Å². The molecule has 1 rings (SSSR count). The van der Waals surface area contributed by atoms with E-state index >= 15 is 0 Å². The van der Waals surface area contributed by atoms with E-state index in [1.165, 1.54) is 0 Å². The highest BCUT2D eigenvalue weighted by Gasteiger charge is 1.93. The molecule has 0 bridgehead atoms. The quantitative estimate of drug-likeness (QED) is 0.494. The monoisotopic (exact) mass is 167 g/mol. The fraction of sp³-hybridized carbons (Fsp3) is 0. The van der Waals surface area contributed by atoms with Crippen LogP contribution in [-0.4, -0.2) is 0 Å². The SMILES string of the molecule is C=C/C=C(\C=C)Oc1[c]c#cc#c1. The van der Waals surface area contributed by atoms with Crippen LogP contribution >= 0.6 is 0 Å². The van der Waals surface area contributed by atoms with Gasteiger partial charge in [-0.3, -0.25) is 0 Å². The molecule has 13 heavy (non-hydrogen) atoms. The Bertz CT molecular complexity index is 309. The molecule has 0 saturated heterocycles. The zero-order valence-electron chi connectivity index (χ0n) is 7.05. The third kappa shape index (κ3) is 2.77. The highest BCUT2D eigenvalue weighted by atomic mass is 16.5. The Labute approximate surface area is 78.7 Å². The predicted octanol–water partition coefficient (Wildman–Crippen LogP) is 2.32. The average molecular weight is 167 g/mol. The van der Waals surface area contributed by atoms with E-state index in [9.17, 15) is 0 Å². The van der Waals surface area contributed by atoms with Crippen LogP contribution in [0.25, 0.3) is 0 Å². The van der Waals surface area contributed by atoms with Crippen molar-refractivity contribution < 1.29 is 4.74 Å². The van der Waals surface area contributed by atoms with Gasteiger partial charge in [0.1, 0.15) is 5.76 Å². The summed E-state index contributed by atoms with van der Waals surface area (Å²) in [5.41, 5.74) is 0. The standard InChI is InChI=1S/C12H7O/c1-3-8-11(4-2)13-12-9-6-5-7-10-12/h3-4,8H,1-2H2/b11-8+. The largest absolute Gasteiger partial charge is 0.447 e. The molecule has 0 heterocycles. The van der Waals surface area contributed by atoms with E-state index in [1.54, 1.807) is 18.2 Å². The van der Waals surface area contributed by atoms with Crippen molar-refractivity contribution in [3.05, 3.63) is 67.5 Å². The van der Waals surface area contributed by atoms with Gasteiger partial charge in [-0.25, -0.2) is 0 Å². The van der Waals surface area contributed by atoms with Gasteiger partial charge >= 0.3 is 0 Å². The summed E-state index contributed by atoms with van der Waals surface area (Å²) in [5.74, 6) is 0.988. The molecule has 1 radical (unpaired) electrons. The number of allylic oxidation sites excluding steroid dienone is 3. The zero-order valence-corrected chi connectivity index (χ0v) is 7.05. The molecule has 1 heteroatoms. The van der Waals surface area contributed by atoms with Crippen molar-refractivity contribution in [2.24, 2.45) is 0 Å². The maximum absolute atomic E-state index is 5.28. The third-order valence-corrected chi connectivity index (χ3v) is 1.18. The molecule has 0 aromatic heterocycles. The van der Waals surface area contributed by atoms with E-state index in [0.29, 0.717) is 11.5 Å². The van der Waals surface area contributed by atoms with E-state index in [4.69, 9.17) is 4.74 Å². The van der Waals surface area contributed by atoms with Crippen LogP contribution in [0.4, 0.5) is 0 Å². The first-order valence-electron chi connectivity index (χ1n) is 3.64. The van der Waals surface area contributed by atoms with Gasteiger partial charge in [0.2, 0.25) is 0 Å². The van der Waals surface area contributed by atoms with Gasteiger partial charge in [0.15, 0.2) is 5.75 Å². The molecule has 0 N–H and O–H groups in total. The predicted molar refractivity (Wildman–Crippen MR) is 49.7 cm³/mol. The van der Waals surface area contributed by atoms with E-state index in [1.807, 2.05) is 0 Å². The molecular formula is C12H7O. The molecule has 0 aliphatic heterocycles. The van der Waals surface area contributed by atoms with E-state index in [0.717, 1.165) is 0 Å². The molecule has 0 fully saturated rings. The molecule has 1 aromatic carbocycles. The summed E-state index contributed by atoms with van der Waals surface area (Å²) >= 11 is 0. The third-order valence-electron chi connectivity index (χ3n) is 1.18. The lowest BCUT2D eigenvalue weighted by Crippen LogP contribution is -1.89. The molecule has 0 spiro atoms. The lowest BCUT2D eigenvalue weighted by atomic mass is 10.4. The van der Waals surface area contributed by atoms with Crippen LogP contribution in [0.15, 0.2) is 37.1 Å². The van der Waals surface area contributed by atoms with Crippen LogP contribution in [0.2, 0.25) is 0 Å². The Morgan fingerprint density at radius 1 is 1.23 bits per heavy atom. The Balaban J connectivity index is 2.73. The van der Waals surface area contributed by atoms with Gasteiger partial charge in [-0.05, 0) is 36.4 Å². The Kier molecular flexibility index (Phi) is 3.24. The van der Waals surface area contributed by atoms with Gasteiger partial charge in [-0.1, -0.05) is 19.2 Å². The fourth-order valence-electron chi connectivity index (χ4n) is 0.667. The summed E-state index contributed by atoms with van der Waals surface area (Å²) in [6, 6.07) is 13.1. The minimum atomic E-state index is 0.409. The van der Waals surface area contributed by atoms with Crippen molar-refractivity contribution in [2.75, 3.05) is 0 Å². The highest BCUT2D eigenvalue weighted by Crippen LogP contribution is 2.07. The molecule has 0 saturated carbocycles. The summed E-state index contributed by atoms with van der Waals surface area (Å²) in [6.45, 7) is 7.12. The van der Waals surface area contributed by atoms with Gasteiger partial charge in [-0.15, -0.1) is 0 Å². The minimum absolute atomic E-state index is 0.409. The molecule has 0 unspecified atom stereocenters. The minimum Gasteiger partial charge on any atom is -0.447 e. The maximum Gasteiger partial charge on any atom is 0.195 e. The van der Waals surface area contributed by atoms with E-state index < -0.39 is 0 Å². The molecule has 0 atom stereocenters. The van der Waals surface area contributed by atoms with Crippen LogP contribution < -0.4 is 4.74 Å². The molecule has 0 amide bonds. The summed E-state index contributed by atoms with van der Waals surface area (Å²) in [4.78, 5) is 0. The van der Waals surface area contributed by atoms with Gasteiger partial charge < -0.3 is 4.74 Å². The Morgan fingerprint density at radius 3 is 2.62 bits per heavy atom. The molecular weight excluding hydrogens is 160 g/mol. The molecule has 0 aliphatic carbocycles. The fourth-order valence-corrected chi connectivity index (χ4v) is 0.667. The lowest BCUT2D eigenvalue weighted by Gasteiger charge is -2.00. The summed E-state index contributed by atoms with van der Waals surface area (Å²) in [5, 5.41) is 0. The maximum atomic E-state index is 5.28. The topological polar surface area (TPSA) is 9.23 Å². The second-order valence-corrected chi connectivity index (χ2v) is 2.07. The van der Waals surface area contributed by atoms with Crippen molar-refractivity contribution in [2.45, 2.75) is 0 Å². The second-order valence-electron chi connectivity index (χ2n) is 2.07. The van der Waals surface area contributed by atoms with Crippen molar-refractivity contribution in [3.8, 4) is 5.75 Å². The second kappa shape index (κ2) is 4.70. The lowest BCUT2D eigenvalue weighted by molar-refractivity contribution is 0.444. The first-order chi connectivity index (χ1) is 6.36. The normalized spacial score (nSPS) is 9.38. The van der Waals surface area contributed by atoms with Crippen LogP contribution in [0.5, 0.6) is 5.75 Å². The van der Waals surface area contributed by atoms with Crippen molar-refractivity contribution in [3.63, 3.8) is 0 Å². The van der Waals surface area contributed by atoms with Crippen LogP contribution in [0.3, 0.4) is 0 Å². The van der Waals surface area contributed by atoms with Gasteiger partial charge in [0.25, 0.3) is 0 Å². The molecule has 1 aromatic rings. The first kappa shape index (κ1) is 8.97. The van der Waals surface area contributed by atoms with E-state index in [-0.39, 0.29) is 0 Å². The smallest absolute Gasteiger partial charge is 0.195 e. The number of hydrogen-bond acceptors (Lipinski definition) is 1. The molecule has 0 aliphatic rings. The van der Waals surface area contributed by atoms with Gasteiger partial charge in [-0.2, -0.15) is 0 Å². The van der Waals surface area contributed by atoms with Crippen LogP contribution in [0.1, 0.15) is 0 Å². The van der Waals surface area contributed by atoms with Gasteiger partial charge in [0.05, 0.1) is 6.07 Å². The Morgan fingerprint density at radius 2 is 2.08 bits per heavy atom. The number of hydrogen-bond donors (Lipinski definition) is 0. The molecule has 61 valence electrons. The number of rotatable bonds is 4. The van der Waals surface area contributed by atoms with Crippen molar-refractivity contribution in [1.29, 1.82) is 0 Å². The van der Waals surface area contributed by atoms with Crippen LogP contribution in [0, 0.1) is 30.3 Å². The number of ether oxygens (including phenoxy) is 1. The van der Waals surface area contributed by atoms with Crippen molar-refractivity contribution in [1.82, 2.24) is 0 Å². The Hall–Kier alpha value is -2.12. The summed E-state index contributed by atoms with van der Waals surface area (Å²) in [6.07, 6.45) is 4.87. The van der Waals surface area contributed by atoms with Gasteiger partial charge in [0, 0.05) is 0 Å². The van der Waals surface area contributed by atoms with Crippen LogP contribution in [-0.2, 0) is 0 Å². The highest BCUT2D eigenvalue weighted by molar-refractivity contribution is 5.21. The summed E-state index contributed by atoms with van der Waals surface area (Å²) < 4.78 is 5.28. The molecule has 1 nitrogen and oxygen atoms in total.